The quantitative estimate of drug-likeness (QED) is 0.806. The van der Waals surface area contributed by atoms with E-state index in [9.17, 15) is 0 Å². The monoisotopic (exact) mass is 292 g/mol. The average molecular weight is 292 g/mol. The molecule has 21 heavy (non-hydrogen) atoms. The van der Waals surface area contributed by atoms with Gasteiger partial charge >= 0.3 is 0 Å². The number of hydrogen-bond donors (Lipinski definition) is 2. The molecule has 2 unspecified atom stereocenters. The molecule has 2 atom stereocenters. The molecule has 0 spiro atoms. The van der Waals surface area contributed by atoms with E-state index in [1.165, 1.54) is 32.1 Å². The van der Waals surface area contributed by atoms with Crippen LogP contribution in [0.25, 0.3) is 0 Å². The largest absolute Gasteiger partial charge is 0.377 e. The second-order valence-electron chi connectivity index (χ2n) is 5.80. The van der Waals surface area contributed by atoms with E-state index in [0.717, 1.165) is 29.9 Å². The minimum atomic E-state index is 0.441. The van der Waals surface area contributed by atoms with Crippen LogP contribution in [-0.2, 0) is 11.3 Å². The first-order valence-corrected chi connectivity index (χ1v) is 8.12. The van der Waals surface area contributed by atoms with Gasteiger partial charge in [0.2, 0.25) is 0 Å². The van der Waals surface area contributed by atoms with Crippen molar-refractivity contribution in [3.05, 3.63) is 11.9 Å². The van der Waals surface area contributed by atoms with Crippen molar-refractivity contribution in [3.63, 3.8) is 0 Å². The van der Waals surface area contributed by atoms with E-state index in [2.05, 4.69) is 34.4 Å². The van der Waals surface area contributed by atoms with Gasteiger partial charge in [0.1, 0.15) is 18.2 Å². The molecule has 1 aromatic rings. The Labute approximate surface area is 127 Å². The fraction of sp³-hybridized carbons (Fsp3) is 0.750. The van der Waals surface area contributed by atoms with Gasteiger partial charge in [-0.2, -0.15) is 0 Å². The Kier molecular flexibility index (Phi) is 6.23. The Morgan fingerprint density at radius 2 is 2.05 bits per heavy atom. The normalized spacial score (nSPS) is 22.0. The van der Waals surface area contributed by atoms with Crippen LogP contribution in [-0.4, -0.2) is 29.7 Å². The Balaban J connectivity index is 2.06. The van der Waals surface area contributed by atoms with E-state index in [1.807, 2.05) is 6.07 Å². The van der Waals surface area contributed by atoms with Crippen molar-refractivity contribution < 1.29 is 4.74 Å². The number of nitrogens with zero attached hydrogens (tertiary/aromatic N) is 2. The number of hydrogen-bond acceptors (Lipinski definition) is 5. The number of rotatable bonds is 7. The minimum absolute atomic E-state index is 0.441. The van der Waals surface area contributed by atoms with Crippen molar-refractivity contribution >= 4 is 11.6 Å². The van der Waals surface area contributed by atoms with Crippen LogP contribution in [0.3, 0.4) is 0 Å². The summed E-state index contributed by atoms with van der Waals surface area (Å²) in [5, 5.41) is 6.85. The van der Waals surface area contributed by atoms with Gasteiger partial charge in [-0.25, -0.2) is 9.97 Å². The van der Waals surface area contributed by atoms with E-state index in [-0.39, 0.29) is 0 Å². The Morgan fingerprint density at radius 1 is 1.24 bits per heavy atom. The zero-order chi connectivity index (χ0) is 15.1. The van der Waals surface area contributed by atoms with Crippen LogP contribution in [0.1, 0.15) is 51.8 Å². The summed E-state index contributed by atoms with van der Waals surface area (Å²) in [6, 6.07) is 2.53. The highest BCUT2D eigenvalue weighted by Crippen LogP contribution is 2.28. The maximum absolute atomic E-state index is 5.16. The molecule has 0 bridgehead atoms. The summed E-state index contributed by atoms with van der Waals surface area (Å²) in [4.78, 5) is 9.01. The van der Waals surface area contributed by atoms with Gasteiger partial charge in [0, 0.05) is 25.8 Å². The van der Waals surface area contributed by atoms with Gasteiger partial charge in [0.05, 0.1) is 0 Å². The molecule has 5 heteroatoms. The third-order valence-corrected chi connectivity index (χ3v) is 4.12. The third kappa shape index (κ3) is 4.84. The van der Waals surface area contributed by atoms with Gasteiger partial charge in [0.15, 0.2) is 5.82 Å². The second kappa shape index (κ2) is 8.17. The molecule has 1 aromatic heterocycles. The smallest absolute Gasteiger partial charge is 0.158 e. The van der Waals surface area contributed by atoms with Gasteiger partial charge in [-0.1, -0.05) is 26.2 Å². The van der Waals surface area contributed by atoms with Gasteiger partial charge in [-0.05, 0) is 25.7 Å². The molecule has 118 valence electrons. The number of methoxy groups -OCH3 is 1. The first-order chi connectivity index (χ1) is 10.2. The maximum Gasteiger partial charge on any atom is 0.158 e. The van der Waals surface area contributed by atoms with Gasteiger partial charge in [-0.15, -0.1) is 0 Å². The van der Waals surface area contributed by atoms with Crippen molar-refractivity contribution in [2.75, 3.05) is 24.3 Å². The van der Waals surface area contributed by atoms with Crippen LogP contribution < -0.4 is 10.6 Å². The highest BCUT2D eigenvalue weighted by Gasteiger charge is 2.21. The number of nitrogens with one attached hydrogen (secondary N) is 2. The lowest BCUT2D eigenvalue weighted by molar-refractivity contribution is 0.178. The first-order valence-electron chi connectivity index (χ1n) is 8.12. The molecule has 0 saturated heterocycles. The molecule has 1 saturated carbocycles. The molecule has 1 aliphatic rings. The standard InChI is InChI=1S/C16H28N4O/c1-4-12-7-6-8-13(9-12)18-15-10-14(17-5-2)19-16(20-15)11-21-3/h10,12-13H,4-9,11H2,1-3H3,(H2,17,18,19,20). The van der Waals surface area contributed by atoms with Crippen molar-refractivity contribution in [2.24, 2.45) is 5.92 Å². The van der Waals surface area contributed by atoms with Crippen LogP contribution >= 0.6 is 0 Å². The first kappa shape index (κ1) is 16.0. The fourth-order valence-corrected chi connectivity index (χ4v) is 3.04. The summed E-state index contributed by atoms with van der Waals surface area (Å²) in [7, 11) is 1.67. The molecule has 0 radical (unpaired) electrons. The third-order valence-electron chi connectivity index (χ3n) is 4.12. The lowest BCUT2D eigenvalue weighted by Gasteiger charge is -2.29. The molecule has 5 nitrogen and oxygen atoms in total. The number of anilines is 2. The molecular weight excluding hydrogens is 264 g/mol. The molecular formula is C16H28N4O. The molecule has 0 amide bonds. The number of aromatic nitrogens is 2. The zero-order valence-electron chi connectivity index (χ0n) is 13.5. The summed E-state index contributed by atoms with van der Waals surface area (Å²) >= 11 is 0. The van der Waals surface area contributed by atoms with Gasteiger partial charge in [0.25, 0.3) is 0 Å². The molecule has 2 N–H and O–H groups in total. The SMILES string of the molecule is CCNc1cc(NC2CCCC(CC)C2)nc(COC)n1. The van der Waals surface area contributed by atoms with Crippen LogP contribution in [0.15, 0.2) is 6.07 Å². The molecule has 0 aromatic carbocycles. The van der Waals surface area contributed by atoms with E-state index in [4.69, 9.17) is 4.74 Å². The van der Waals surface area contributed by atoms with Crippen LogP contribution in [0.4, 0.5) is 11.6 Å². The fourth-order valence-electron chi connectivity index (χ4n) is 3.04. The lowest BCUT2D eigenvalue weighted by Crippen LogP contribution is -2.27. The molecule has 1 aliphatic carbocycles. The summed E-state index contributed by atoms with van der Waals surface area (Å²) < 4.78 is 5.16. The van der Waals surface area contributed by atoms with Crippen molar-refractivity contribution in [3.8, 4) is 0 Å². The summed E-state index contributed by atoms with van der Waals surface area (Å²) in [5.41, 5.74) is 0. The summed E-state index contributed by atoms with van der Waals surface area (Å²) in [5.74, 6) is 3.35. The molecule has 1 fully saturated rings. The Morgan fingerprint density at radius 3 is 2.76 bits per heavy atom. The summed E-state index contributed by atoms with van der Waals surface area (Å²) in [6.45, 7) is 5.65. The molecule has 0 aliphatic heterocycles. The molecule has 2 rings (SSSR count). The topological polar surface area (TPSA) is 59.1 Å². The second-order valence-corrected chi connectivity index (χ2v) is 5.80. The van der Waals surface area contributed by atoms with Crippen molar-refractivity contribution in [1.29, 1.82) is 0 Å². The van der Waals surface area contributed by atoms with Crippen LogP contribution in [0.2, 0.25) is 0 Å². The van der Waals surface area contributed by atoms with E-state index in [0.29, 0.717) is 12.6 Å². The predicted molar refractivity (Wildman–Crippen MR) is 86.6 cm³/mol. The highest BCUT2D eigenvalue weighted by molar-refractivity contribution is 5.48. The summed E-state index contributed by atoms with van der Waals surface area (Å²) in [6.07, 6.45) is 6.44. The van der Waals surface area contributed by atoms with Crippen LogP contribution in [0, 0.1) is 5.92 Å². The average Bonchev–Trinajstić information content (AvgIpc) is 2.48. The Hall–Kier alpha value is -1.36. The lowest BCUT2D eigenvalue weighted by atomic mass is 9.84. The predicted octanol–water partition coefficient (Wildman–Crippen LogP) is 3.44. The highest BCUT2D eigenvalue weighted by atomic mass is 16.5. The Bertz CT molecular complexity index is 414. The molecule has 1 heterocycles. The van der Waals surface area contributed by atoms with Crippen LogP contribution in [0.5, 0.6) is 0 Å². The van der Waals surface area contributed by atoms with Gasteiger partial charge in [-0.3, -0.25) is 0 Å². The van der Waals surface area contributed by atoms with E-state index in [1.54, 1.807) is 7.11 Å². The van der Waals surface area contributed by atoms with Crippen molar-refractivity contribution in [2.45, 2.75) is 58.6 Å². The number of ether oxygens (including phenoxy) is 1. The van der Waals surface area contributed by atoms with E-state index < -0.39 is 0 Å². The zero-order valence-corrected chi connectivity index (χ0v) is 13.5. The maximum atomic E-state index is 5.16. The minimum Gasteiger partial charge on any atom is -0.377 e. The van der Waals surface area contributed by atoms with Gasteiger partial charge < -0.3 is 15.4 Å². The van der Waals surface area contributed by atoms with E-state index >= 15 is 0 Å². The van der Waals surface area contributed by atoms with Crippen molar-refractivity contribution in [1.82, 2.24) is 9.97 Å².